The number of hydrogen-bond donors (Lipinski definition) is 0. The Morgan fingerprint density at radius 2 is 1.67 bits per heavy atom. The molecular weight excluding hydrogens is 322 g/mol. The summed E-state index contributed by atoms with van der Waals surface area (Å²) < 4.78 is 1.20. The molecule has 1 heterocycles. The van der Waals surface area contributed by atoms with Crippen molar-refractivity contribution in [1.82, 2.24) is 0 Å². The molecule has 0 unspecified atom stereocenters. The number of rotatable bonds is 2. The van der Waals surface area contributed by atoms with E-state index in [1.807, 2.05) is 0 Å². The van der Waals surface area contributed by atoms with Crippen LogP contribution in [0, 0.1) is 0 Å². The molecule has 21 heavy (non-hydrogen) atoms. The van der Waals surface area contributed by atoms with Crippen LogP contribution >= 0.6 is 15.9 Å². The predicted molar refractivity (Wildman–Crippen MR) is 91.7 cm³/mol. The third-order valence-electron chi connectivity index (χ3n) is 4.81. The molecule has 2 aromatic rings. The first-order chi connectivity index (χ1) is 10.3. The molecule has 2 aromatic carbocycles. The second-order valence-electron chi connectivity index (χ2n) is 6.12. The summed E-state index contributed by atoms with van der Waals surface area (Å²) >= 11 is 3.68. The summed E-state index contributed by atoms with van der Waals surface area (Å²) in [7, 11) is 0. The molecule has 0 radical (unpaired) electrons. The van der Waals surface area contributed by atoms with Crippen LogP contribution in [-0.4, -0.2) is 6.54 Å². The molecule has 0 amide bonds. The lowest BCUT2D eigenvalue weighted by atomic mass is 9.80. The van der Waals surface area contributed by atoms with E-state index in [-0.39, 0.29) is 0 Å². The van der Waals surface area contributed by atoms with Crippen LogP contribution in [-0.2, 0) is 12.0 Å². The third kappa shape index (κ3) is 2.13. The Kier molecular flexibility index (Phi) is 3.15. The van der Waals surface area contributed by atoms with Crippen molar-refractivity contribution in [3.63, 3.8) is 0 Å². The van der Waals surface area contributed by atoms with Crippen LogP contribution in [0.2, 0.25) is 0 Å². The molecular formula is C19H18BrN. The fourth-order valence-corrected chi connectivity index (χ4v) is 4.17. The zero-order chi connectivity index (χ0) is 14.3. The molecule has 0 fully saturated rings. The standard InChI is InChI=1S/C19H18BrN/c20-17-9-3-1-7-15(17)13-21-14-19(11-5-6-12-19)16-8-2-4-10-18(16)21/h1-10H,11-14H2. The predicted octanol–water partition coefficient (Wildman–Crippen LogP) is 5.06. The van der Waals surface area contributed by atoms with Crippen molar-refractivity contribution < 1.29 is 0 Å². The third-order valence-corrected chi connectivity index (χ3v) is 5.59. The summed E-state index contributed by atoms with van der Waals surface area (Å²) in [6.07, 6.45) is 7.05. The number of para-hydroxylation sites is 1. The van der Waals surface area contributed by atoms with Crippen LogP contribution < -0.4 is 4.90 Å². The maximum Gasteiger partial charge on any atom is 0.0441 e. The molecule has 1 spiro atoms. The summed E-state index contributed by atoms with van der Waals surface area (Å²) in [6, 6.07) is 17.5. The minimum atomic E-state index is 0.317. The Balaban J connectivity index is 1.70. The largest absolute Gasteiger partial charge is 0.366 e. The van der Waals surface area contributed by atoms with Gasteiger partial charge in [0.05, 0.1) is 0 Å². The fraction of sp³-hybridized carbons (Fsp3) is 0.263. The van der Waals surface area contributed by atoms with Gasteiger partial charge in [-0.1, -0.05) is 64.5 Å². The number of fused-ring (bicyclic) bond motifs is 2. The van der Waals surface area contributed by atoms with Crippen molar-refractivity contribution in [2.45, 2.75) is 24.8 Å². The molecule has 0 aromatic heterocycles. The molecule has 2 heteroatoms. The number of anilines is 1. The molecule has 4 rings (SSSR count). The maximum absolute atomic E-state index is 3.68. The minimum Gasteiger partial charge on any atom is -0.366 e. The van der Waals surface area contributed by atoms with Crippen molar-refractivity contribution in [2.75, 3.05) is 11.4 Å². The van der Waals surface area contributed by atoms with Crippen molar-refractivity contribution in [2.24, 2.45) is 0 Å². The highest BCUT2D eigenvalue weighted by atomic mass is 79.9. The van der Waals surface area contributed by atoms with Crippen molar-refractivity contribution in [3.05, 3.63) is 76.3 Å². The lowest BCUT2D eigenvalue weighted by molar-refractivity contribution is 0.483. The summed E-state index contributed by atoms with van der Waals surface area (Å²) in [4.78, 5) is 2.54. The highest BCUT2D eigenvalue weighted by Gasteiger charge is 2.42. The van der Waals surface area contributed by atoms with E-state index in [0.29, 0.717) is 5.41 Å². The number of benzene rings is 2. The fourth-order valence-electron chi connectivity index (χ4n) is 3.76. The lowest BCUT2D eigenvalue weighted by Gasteiger charge is -2.26. The smallest absolute Gasteiger partial charge is 0.0441 e. The van der Waals surface area contributed by atoms with Crippen LogP contribution in [0.15, 0.2) is 65.2 Å². The van der Waals surface area contributed by atoms with Gasteiger partial charge in [-0.2, -0.15) is 0 Å². The average Bonchev–Trinajstić information content (AvgIpc) is 3.09. The van der Waals surface area contributed by atoms with E-state index in [4.69, 9.17) is 0 Å². The van der Waals surface area contributed by atoms with E-state index in [2.05, 4.69) is 81.5 Å². The molecule has 106 valence electrons. The van der Waals surface area contributed by atoms with Gasteiger partial charge < -0.3 is 4.90 Å². The van der Waals surface area contributed by atoms with Crippen LogP contribution in [0.1, 0.15) is 24.0 Å². The van der Waals surface area contributed by atoms with Crippen LogP contribution in [0.25, 0.3) is 0 Å². The highest BCUT2D eigenvalue weighted by Crippen LogP contribution is 2.48. The van der Waals surface area contributed by atoms with E-state index in [0.717, 1.165) is 13.1 Å². The number of allylic oxidation sites excluding steroid dienone is 2. The highest BCUT2D eigenvalue weighted by molar-refractivity contribution is 9.10. The zero-order valence-electron chi connectivity index (χ0n) is 11.9. The van der Waals surface area contributed by atoms with Crippen LogP contribution in [0.3, 0.4) is 0 Å². The Bertz CT molecular complexity index is 696. The Labute approximate surface area is 134 Å². The van der Waals surface area contributed by atoms with Crippen molar-refractivity contribution in [3.8, 4) is 0 Å². The maximum atomic E-state index is 3.68. The van der Waals surface area contributed by atoms with Crippen LogP contribution in [0.5, 0.6) is 0 Å². The summed E-state index contributed by atoms with van der Waals surface area (Å²) in [6.45, 7) is 2.10. The second-order valence-corrected chi connectivity index (χ2v) is 6.98. The summed E-state index contributed by atoms with van der Waals surface area (Å²) in [5.74, 6) is 0. The Morgan fingerprint density at radius 1 is 0.952 bits per heavy atom. The molecule has 1 aliphatic carbocycles. The van der Waals surface area contributed by atoms with Crippen molar-refractivity contribution in [1.29, 1.82) is 0 Å². The Hall–Kier alpha value is -1.54. The summed E-state index contributed by atoms with van der Waals surface area (Å²) in [5, 5.41) is 0. The molecule has 2 aliphatic rings. The van der Waals surface area contributed by atoms with Gasteiger partial charge in [-0.3, -0.25) is 0 Å². The van der Waals surface area contributed by atoms with E-state index >= 15 is 0 Å². The zero-order valence-corrected chi connectivity index (χ0v) is 13.5. The number of nitrogens with zero attached hydrogens (tertiary/aromatic N) is 1. The van der Waals surface area contributed by atoms with Gasteiger partial charge in [0, 0.05) is 28.7 Å². The first-order valence-electron chi connectivity index (χ1n) is 7.51. The molecule has 1 aliphatic heterocycles. The van der Waals surface area contributed by atoms with Crippen molar-refractivity contribution >= 4 is 21.6 Å². The SMILES string of the molecule is Brc1ccccc1CN1CC2(CC=CC2)c2ccccc21. The van der Waals surface area contributed by atoms with Gasteiger partial charge in [-0.15, -0.1) is 0 Å². The molecule has 0 saturated carbocycles. The molecule has 0 bridgehead atoms. The quantitative estimate of drug-likeness (QED) is 0.691. The van der Waals surface area contributed by atoms with Gasteiger partial charge in [0.25, 0.3) is 0 Å². The van der Waals surface area contributed by atoms with E-state index in [1.54, 1.807) is 0 Å². The first kappa shape index (κ1) is 13.1. The van der Waals surface area contributed by atoms with Gasteiger partial charge in [0.2, 0.25) is 0 Å². The topological polar surface area (TPSA) is 3.24 Å². The normalized spacial score (nSPS) is 18.4. The molecule has 0 saturated heterocycles. The van der Waals surface area contributed by atoms with Gasteiger partial charge in [-0.25, -0.2) is 0 Å². The molecule has 0 N–H and O–H groups in total. The summed E-state index contributed by atoms with van der Waals surface area (Å²) in [5.41, 5.74) is 4.62. The van der Waals surface area contributed by atoms with Crippen LogP contribution in [0.4, 0.5) is 5.69 Å². The monoisotopic (exact) mass is 339 g/mol. The van der Waals surface area contributed by atoms with Gasteiger partial charge >= 0.3 is 0 Å². The van der Waals surface area contributed by atoms with E-state index < -0.39 is 0 Å². The number of halogens is 1. The number of hydrogen-bond acceptors (Lipinski definition) is 1. The first-order valence-corrected chi connectivity index (χ1v) is 8.31. The minimum absolute atomic E-state index is 0.317. The van der Waals surface area contributed by atoms with E-state index in [9.17, 15) is 0 Å². The second kappa shape index (κ2) is 5.03. The molecule has 1 nitrogen and oxygen atoms in total. The van der Waals surface area contributed by atoms with E-state index in [1.165, 1.54) is 34.1 Å². The Morgan fingerprint density at radius 3 is 2.48 bits per heavy atom. The lowest BCUT2D eigenvalue weighted by Crippen LogP contribution is -2.31. The van der Waals surface area contributed by atoms with Gasteiger partial charge in [0.1, 0.15) is 0 Å². The van der Waals surface area contributed by atoms with Gasteiger partial charge in [-0.05, 0) is 36.1 Å². The molecule has 0 atom stereocenters. The van der Waals surface area contributed by atoms with Gasteiger partial charge in [0.15, 0.2) is 0 Å². The average molecular weight is 340 g/mol.